The third kappa shape index (κ3) is 2.77. The fourth-order valence-corrected chi connectivity index (χ4v) is 3.30. The van der Waals surface area contributed by atoms with Crippen LogP contribution in [0.2, 0.25) is 0 Å². The SMILES string of the molecule is CC1CC(c2cccc(N3CCNC3)c2)CCN1C. The summed E-state index contributed by atoms with van der Waals surface area (Å²) in [4.78, 5) is 4.91. The summed E-state index contributed by atoms with van der Waals surface area (Å²) in [7, 11) is 2.24. The van der Waals surface area contributed by atoms with Gasteiger partial charge in [-0.3, -0.25) is 5.32 Å². The van der Waals surface area contributed by atoms with Crippen LogP contribution in [0.4, 0.5) is 5.69 Å². The summed E-state index contributed by atoms with van der Waals surface area (Å²) >= 11 is 0. The molecule has 3 rings (SSSR count). The fraction of sp³-hybridized carbons (Fsp3) is 0.625. The van der Waals surface area contributed by atoms with Gasteiger partial charge in [0.15, 0.2) is 0 Å². The van der Waals surface area contributed by atoms with Gasteiger partial charge in [0.25, 0.3) is 0 Å². The molecule has 3 heteroatoms. The second kappa shape index (κ2) is 5.51. The molecule has 0 radical (unpaired) electrons. The zero-order valence-corrected chi connectivity index (χ0v) is 12.1. The van der Waals surface area contributed by atoms with Crippen molar-refractivity contribution >= 4 is 5.69 Å². The van der Waals surface area contributed by atoms with Crippen LogP contribution in [0.3, 0.4) is 0 Å². The molecule has 3 nitrogen and oxygen atoms in total. The molecule has 1 N–H and O–H groups in total. The van der Waals surface area contributed by atoms with Crippen LogP contribution in [-0.4, -0.2) is 44.3 Å². The Bertz CT molecular complexity index is 426. The molecule has 19 heavy (non-hydrogen) atoms. The van der Waals surface area contributed by atoms with Crippen molar-refractivity contribution in [2.24, 2.45) is 0 Å². The summed E-state index contributed by atoms with van der Waals surface area (Å²) in [5, 5.41) is 3.40. The molecule has 0 bridgehead atoms. The highest BCUT2D eigenvalue weighted by atomic mass is 15.3. The summed E-state index contributed by atoms with van der Waals surface area (Å²) in [6.45, 7) is 6.80. The second-order valence-electron chi connectivity index (χ2n) is 6.07. The predicted molar refractivity (Wildman–Crippen MR) is 80.7 cm³/mol. The molecule has 2 atom stereocenters. The maximum atomic E-state index is 3.40. The van der Waals surface area contributed by atoms with Crippen LogP contribution in [0, 0.1) is 0 Å². The maximum Gasteiger partial charge on any atom is 0.0683 e. The highest BCUT2D eigenvalue weighted by Crippen LogP contribution is 2.32. The number of nitrogens with one attached hydrogen (secondary N) is 1. The Kier molecular flexibility index (Phi) is 3.76. The van der Waals surface area contributed by atoms with Crippen molar-refractivity contribution in [2.75, 3.05) is 38.3 Å². The maximum absolute atomic E-state index is 3.40. The lowest BCUT2D eigenvalue weighted by atomic mass is 9.86. The number of hydrogen-bond donors (Lipinski definition) is 1. The van der Waals surface area contributed by atoms with E-state index >= 15 is 0 Å². The largest absolute Gasteiger partial charge is 0.357 e. The standard InChI is InChI=1S/C16H25N3/c1-13-10-15(6-8-18(13)2)14-4-3-5-16(11-14)19-9-7-17-12-19/h3-5,11,13,15,17H,6-10,12H2,1-2H3. The number of likely N-dealkylation sites (tertiary alicyclic amines) is 1. The minimum absolute atomic E-state index is 0.704. The van der Waals surface area contributed by atoms with Gasteiger partial charge in [-0.2, -0.15) is 0 Å². The van der Waals surface area contributed by atoms with E-state index < -0.39 is 0 Å². The van der Waals surface area contributed by atoms with Gasteiger partial charge in [-0.1, -0.05) is 12.1 Å². The van der Waals surface area contributed by atoms with Crippen LogP contribution in [-0.2, 0) is 0 Å². The van der Waals surface area contributed by atoms with Gasteiger partial charge in [0.05, 0.1) is 6.67 Å². The first kappa shape index (κ1) is 12.9. The third-order valence-electron chi connectivity index (χ3n) is 4.78. The van der Waals surface area contributed by atoms with Gasteiger partial charge >= 0.3 is 0 Å². The van der Waals surface area contributed by atoms with Crippen molar-refractivity contribution in [1.82, 2.24) is 10.2 Å². The Morgan fingerprint density at radius 3 is 2.89 bits per heavy atom. The van der Waals surface area contributed by atoms with Crippen molar-refractivity contribution in [2.45, 2.75) is 31.7 Å². The van der Waals surface area contributed by atoms with E-state index in [0.29, 0.717) is 6.04 Å². The first-order valence-corrected chi connectivity index (χ1v) is 7.50. The first-order valence-electron chi connectivity index (χ1n) is 7.50. The summed E-state index contributed by atoms with van der Waals surface area (Å²) in [5.41, 5.74) is 2.92. The number of piperidine rings is 1. The summed E-state index contributed by atoms with van der Waals surface area (Å²) in [6, 6.07) is 9.91. The molecule has 2 aliphatic rings. The van der Waals surface area contributed by atoms with Crippen molar-refractivity contribution in [3.8, 4) is 0 Å². The van der Waals surface area contributed by atoms with Crippen molar-refractivity contribution in [1.29, 1.82) is 0 Å². The summed E-state index contributed by atoms with van der Waals surface area (Å²) < 4.78 is 0. The molecule has 0 aliphatic carbocycles. The average Bonchev–Trinajstić information content (AvgIpc) is 2.96. The van der Waals surface area contributed by atoms with E-state index in [1.54, 1.807) is 0 Å². The zero-order valence-electron chi connectivity index (χ0n) is 12.1. The van der Waals surface area contributed by atoms with Gasteiger partial charge in [0, 0.05) is 24.8 Å². The quantitative estimate of drug-likeness (QED) is 0.879. The second-order valence-corrected chi connectivity index (χ2v) is 6.07. The van der Waals surface area contributed by atoms with E-state index in [9.17, 15) is 0 Å². The highest BCUT2D eigenvalue weighted by Gasteiger charge is 2.24. The van der Waals surface area contributed by atoms with Crippen LogP contribution in [0.1, 0.15) is 31.2 Å². The van der Waals surface area contributed by atoms with Gasteiger partial charge in [0.2, 0.25) is 0 Å². The zero-order chi connectivity index (χ0) is 13.2. The number of nitrogens with zero attached hydrogens (tertiary/aromatic N) is 2. The Morgan fingerprint density at radius 1 is 1.26 bits per heavy atom. The molecule has 1 aromatic rings. The molecular formula is C16H25N3. The van der Waals surface area contributed by atoms with Crippen LogP contribution in [0.5, 0.6) is 0 Å². The number of hydrogen-bond acceptors (Lipinski definition) is 3. The minimum Gasteiger partial charge on any atom is -0.357 e. The van der Waals surface area contributed by atoms with Crippen LogP contribution in [0.25, 0.3) is 0 Å². The Morgan fingerprint density at radius 2 is 2.16 bits per heavy atom. The number of anilines is 1. The highest BCUT2D eigenvalue weighted by molar-refractivity contribution is 5.50. The molecule has 0 aromatic heterocycles. The Balaban J connectivity index is 1.75. The van der Waals surface area contributed by atoms with Crippen molar-refractivity contribution in [3.63, 3.8) is 0 Å². The van der Waals surface area contributed by atoms with E-state index in [0.717, 1.165) is 25.7 Å². The molecule has 104 valence electrons. The lowest BCUT2D eigenvalue weighted by Crippen LogP contribution is -2.36. The first-order chi connectivity index (χ1) is 9.24. The Labute approximate surface area is 116 Å². The van der Waals surface area contributed by atoms with Gasteiger partial charge in [-0.15, -0.1) is 0 Å². The monoisotopic (exact) mass is 259 g/mol. The normalized spacial score (nSPS) is 28.8. The van der Waals surface area contributed by atoms with Crippen molar-refractivity contribution in [3.05, 3.63) is 29.8 Å². The van der Waals surface area contributed by atoms with Crippen LogP contribution >= 0.6 is 0 Å². The van der Waals surface area contributed by atoms with Gasteiger partial charge in [-0.05, 0) is 57.0 Å². The molecule has 0 saturated carbocycles. The molecule has 1 aromatic carbocycles. The van der Waals surface area contributed by atoms with Crippen LogP contribution < -0.4 is 10.2 Å². The lowest BCUT2D eigenvalue weighted by molar-refractivity contribution is 0.183. The molecule has 2 aliphatic heterocycles. The molecule has 2 fully saturated rings. The van der Waals surface area contributed by atoms with Gasteiger partial charge < -0.3 is 9.80 Å². The average molecular weight is 259 g/mol. The fourth-order valence-electron chi connectivity index (χ4n) is 3.30. The summed E-state index contributed by atoms with van der Waals surface area (Å²) in [5.74, 6) is 0.738. The lowest BCUT2D eigenvalue weighted by Gasteiger charge is -2.35. The van der Waals surface area contributed by atoms with E-state index in [1.165, 1.54) is 30.6 Å². The molecule has 0 amide bonds. The molecule has 0 spiro atoms. The van der Waals surface area contributed by atoms with E-state index in [-0.39, 0.29) is 0 Å². The van der Waals surface area contributed by atoms with E-state index in [1.807, 2.05) is 0 Å². The van der Waals surface area contributed by atoms with Crippen molar-refractivity contribution < 1.29 is 0 Å². The number of rotatable bonds is 2. The minimum atomic E-state index is 0.704. The number of benzene rings is 1. The van der Waals surface area contributed by atoms with Gasteiger partial charge in [-0.25, -0.2) is 0 Å². The third-order valence-corrected chi connectivity index (χ3v) is 4.78. The van der Waals surface area contributed by atoms with Crippen LogP contribution in [0.15, 0.2) is 24.3 Å². The topological polar surface area (TPSA) is 18.5 Å². The summed E-state index contributed by atoms with van der Waals surface area (Å²) in [6.07, 6.45) is 2.58. The molecular weight excluding hydrogens is 234 g/mol. The van der Waals surface area contributed by atoms with Gasteiger partial charge in [0.1, 0.15) is 0 Å². The molecule has 2 unspecified atom stereocenters. The Hall–Kier alpha value is -1.06. The molecule has 2 saturated heterocycles. The van der Waals surface area contributed by atoms with E-state index in [2.05, 4.69) is 53.4 Å². The molecule has 2 heterocycles. The van der Waals surface area contributed by atoms with E-state index in [4.69, 9.17) is 0 Å². The predicted octanol–water partition coefficient (Wildman–Crippen LogP) is 2.25. The smallest absolute Gasteiger partial charge is 0.0683 e.